The average Bonchev–Trinajstić information content (AvgIpc) is 3.51. The highest BCUT2D eigenvalue weighted by atomic mass is 35.5. The SMILES string of the molecule is CCCc1c(Cl)nc(-c2ccc(N3CC[C@@H](N(C)C)C3)cc2)nc1NCCCN1CCCC1. The van der Waals surface area contributed by atoms with E-state index in [0.717, 1.165) is 62.4 Å². The van der Waals surface area contributed by atoms with Crippen molar-refractivity contribution in [3.63, 3.8) is 0 Å². The summed E-state index contributed by atoms with van der Waals surface area (Å²) in [5, 5.41) is 4.14. The molecule has 2 saturated heterocycles. The highest BCUT2D eigenvalue weighted by Crippen LogP contribution is 2.29. The highest BCUT2D eigenvalue weighted by molar-refractivity contribution is 6.30. The first-order chi connectivity index (χ1) is 16.0. The van der Waals surface area contributed by atoms with Crippen molar-refractivity contribution in [2.24, 2.45) is 0 Å². The third kappa shape index (κ3) is 6.17. The molecule has 0 aliphatic carbocycles. The monoisotopic (exact) mass is 470 g/mol. The normalized spacial score (nSPS) is 19.1. The summed E-state index contributed by atoms with van der Waals surface area (Å²) in [6, 6.07) is 9.25. The molecule has 0 saturated carbocycles. The van der Waals surface area contributed by atoms with Gasteiger partial charge in [0.1, 0.15) is 11.0 Å². The molecule has 1 aromatic heterocycles. The average molecular weight is 471 g/mol. The van der Waals surface area contributed by atoms with Crippen LogP contribution in [0.4, 0.5) is 11.5 Å². The van der Waals surface area contributed by atoms with Gasteiger partial charge in [0.05, 0.1) is 0 Å². The molecule has 2 fully saturated rings. The van der Waals surface area contributed by atoms with Gasteiger partial charge >= 0.3 is 0 Å². The number of halogens is 1. The second kappa shape index (κ2) is 11.5. The van der Waals surface area contributed by atoms with Crippen LogP contribution in [0.25, 0.3) is 11.4 Å². The molecule has 0 spiro atoms. The van der Waals surface area contributed by atoms with Crippen LogP contribution in [0.5, 0.6) is 0 Å². The lowest BCUT2D eigenvalue weighted by molar-refractivity contribution is 0.315. The van der Waals surface area contributed by atoms with Gasteiger partial charge in [0.25, 0.3) is 0 Å². The van der Waals surface area contributed by atoms with E-state index in [0.29, 0.717) is 17.0 Å². The lowest BCUT2D eigenvalue weighted by Crippen LogP contribution is -2.31. The molecule has 7 heteroatoms. The Bertz CT molecular complexity index is 894. The zero-order chi connectivity index (χ0) is 23.2. The third-order valence-corrected chi connectivity index (χ3v) is 7.30. The lowest BCUT2D eigenvalue weighted by Gasteiger charge is -2.22. The standard InChI is InChI=1S/C26H39ClN6/c1-4-8-23-24(27)29-25(30-26(23)28-14-7-17-32-15-5-6-16-32)20-9-11-21(12-10-20)33-18-13-22(19-33)31(2)3/h9-12,22H,4-8,13-19H2,1-3H3,(H,28,29,30)/t22-/m1/s1. The summed E-state index contributed by atoms with van der Waals surface area (Å²) in [4.78, 5) is 16.9. The summed E-state index contributed by atoms with van der Waals surface area (Å²) in [5.41, 5.74) is 3.30. The molecule has 2 aromatic rings. The van der Waals surface area contributed by atoms with Crippen LogP contribution in [-0.4, -0.2) is 79.2 Å². The number of hydrogen-bond acceptors (Lipinski definition) is 6. The second-order valence-corrected chi connectivity index (χ2v) is 10.0. The number of anilines is 2. The number of likely N-dealkylation sites (N-methyl/N-ethyl adjacent to an activating group) is 1. The quantitative estimate of drug-likeness (QED) is 0.398. The van der Waals surface area contributed by atoms with Gasteiger partial charge in [0.15, 0.2) is 5.82 Å². The Labute approximate surface area is 204 Å². The minimum absolute atomic E-state index is 0.571. The van der Waals surface area contributed by atoms with Crippen LogP contribution in [0.3, 0.4) is 0 Å². The van der Waals surface area contributed by atoms with E-state index in [1.54, 1.807) is 0 Å². The molecule has 1 atom stereocenters. The minimum Gasteiger partial charge on any atom is -0.370 e. The molecule has 2 aliphatic heterocycles. The molecule has 6 nitrogen and oxygen atoms in total. The van der Waals surface area contributed by atoms with Crippen molar-refractivity contribution in [3.05, 3.63) is 35.0 Å². The van der Waals surface area contributed by atoms with E-state index in [1.807, 2.05) is 0 Å². The molecule has 3 heterocycles. The van der Waals surface area contributed by atoms with Crippen molar-refractivity contribution in [2.45, 2.75) is 51.5 Å². The minimum atomic E-state index is 0.571. The molecule has 0 amide bonds. The van der Waals surface area contributed by atoms with Crippen molar-refractivity contribution in [2.75, 3.05) is 63.6 Å². The zero-order valence-electron chi connectivity index (χ0n) is 20.5. The van der Waals surface area contributed by atoms with Gasteiger partial charge in [-0.25, -0.2) is 9.97 Å². The second-order valence-electron chi connectivity index (χ2n) is 9.64. The molecule has 1 aromatic carbocycles. The van der Waals surface area contributed by atoms with Crippen molar-refractivity contribution in [1.82, 2.24) is 19.8 Å². The fourth-order valence-corrected chi connectivity index (χ4v) is 5.20. The molecule has 4 rings (SSSR count). The maximum atomic E-state index is 6.65. The molecule has 0 bridgehead atoms. The number of likely N-dealkylation sites (tertiary alicyclic amines) is 1. The van der Waals surface area contributed by atoms with E-state index in [9.17, 15) is 0 Å². The summed E-state index contributed by atoms with van der Waals surface area (Å²) >= 11 is 6.65. The smallest absolute Gasteiger partial charge is 0.163 e. The third-order valence-electron chi connectivity index (χ3n) is 6.98. The first-order valence-electron chi connectivity index (χ1n) is 12.6. The molecular formula is C26H39ClN6. The highest BCUT2D eigenvalue weighted by Gasteiger charge is 2.24. The topological polar surface area (TPSA) is 47.5 Å². The lowest BCUT2D eigenvalue weighted by atomic mass is 10.1. The van der Waals surface area contributed by atoms with Crippen LogP contribution >= 0.6 is 11.6 Å². The van der Waals surface area contributed by atoms with Crippen molar-refractivity contribution >= 4 is 23.1 Å². The number of benzene rings is 1. The summed E-state index contributed by atoms with van der Waals surface area (Å²) < 4.78 is 0. The maximum Gasteiger partial charge on any atom is 0.163 e. The first-order valence-corrected chi connectivity index (χ1v) is 13.0. The largest absolute Gasteiger partial charge is 0.370 e. The predicted octanol–water partition coefficient (Wildman–Crippen LogP) is 4.79. The molecule has 33 heavy (non-hydrogen) atoms. The molecule has 1 N–H and O–H groups in total. The number of hydrogen-bond donors (Lipinski definition) is 1. The fraction of sp³-hybridized carbons (Fsp3) is 0.615. The van der Waals surface area contributed by atoms with Crippen LogP contribution in [0, 0.1) is 0 Å². The Morgan fingerprint density at radius 2 is 1.85 bits per heavy atom. The van der Waals surface area contributed by atoms with Gasteiger partial charge in [0, 0.05) is 42.5 Å². The van der Waals surface area contributed by atoms with Crippen LogP contribution in [-0.2, 0) is 6.42 Å². The van der Waals surface area contributed by atoms with E-state index in [4.69, 9.17) is 16.6 Å². The van der Waals surface area contributed by atoms with Gasteiger partial charge in [-0.1, -0.05) is 24.9 Å². The van der Waals surface area contributed by atoms with Gasteiger partial charge in [-0.05, 0) is 90.1 Å². The molecule has 180 valence electrons. The Balaban J connectivity index is 1.45. The molecular weight excluding hydrogens is 432 g/mol. The zero-order valence-corrected chi connectivity index (χ0v) is 21.2. The Morgan fingerprint density at radius 1 is 1.09 bits per heavy atom. The van der Waals surface area contributed by atoms with Crippen LogP contribution < -0.4 is 10.2 Å². The number of aromatic nitrogens is 2. The van der Waals surface area contributed by atoms with E-state index in [2.05, 4.69) is 70.3 Å². The first kappa shape index (κ1) is 24.2. The predicted molar refractivity (Wildman–Crippen MR) is 140 cm³/mol. The van der Waals surface area contributed by atoms with Crippen LogP contribution in [0.1, 0.15) is 44.6 Å². The summed E-state index contributed by atoms with van der Waals surface area (Å²) in [7, 11) is 4.33. The van der Waals surface area contributed by atoms with Crippen LogP contribution in [0.15, 0.2) is 24.3 Å². The Kier molecular flexibility index (Phi) is 8.45. The Hall–Kier alpha value is -1.89. The Morgan fingerprint density at radius 3 is 2.52 bits per heavy atom. The van der Waals surface area contributed by atoms with Crippen LogP contribution in [0.2, 0.25) is 5.15 Å². The van der Waals surface area contributed by atoms with Gasteiger partial charge < -0.3 is 20.0 Å². The van der Waals surface area contributed by atoms with E-state index < -0.39 is 0 Å². The van der Waals surface area contributed by atoms with E-state index in [-0.39, 0.29) is 0 Å². The summed E-state index contributed by atoms with van der Waals surface area (Å²) in [5.74, 6) is 1.59. The van der Waals surface area contributed by atoms with E-state index in [1.165, 1.54) is 38.0 Å². The summed E-state index contributed by atoms with van der Waals surface area (Å²) in [6.07, 6.45) is 6.90. The maximum absolute atomic E-state index is 6.65. The van der Waals surface area contributed by atoms with Gasteiger partial charge in [0.2, 0.25) is 0 Å². The fourth-order valence-electron chi connectivity index (χ4n) is 4.94. The van der Waals surface area contributed by atoms with Crippen molar-refractivity contribution < 1.29 is 0 Å². The number of nitrogens with zero attached hydrogens (tertiary/aromatic N) is 5. The van der Waals surface area contributed by atoms with Gasteiger partial charge in [-0.15, -0.1) is 0 Å². The number of nitrogens with one attached hydrogen (secondary N) is 1. The van der Waals surface area contributed by atoms with Gasteiger partial charge in [-0.3, -0.25) is 0 Å². The molecule has 0 radical (unpaired) electrons. The number of rotatable bonds is 10. The molecule has 2 aliphatic rings. The van der Waals surface area contributed by atoms with Crippen molar-refractivity contribution in [1.29, 1.82) is 0 Å². The molecule has 0 unspecified atom stereocenters. The van der Waals surface area contributed by atoms with Crippen molar-refractivity contribution in [3.8, 4) is 11.4 Å². The van der Waals surface area contributed by atoms with E-state index >= 15 is 0 Å². The van der Waals surface area contributed by atoms with Gasteiger partial charge in [-0.2, -0.15) is 0 Å². The summed E-state index contributed by atoms with van der Waals surface area (Å²) in [6.45, 7) is 8.88.